The maximum atomic E-state index is 12.6. The van der Waals surface area contributed by atoms with Gasteiger partial charge in [-0.15, -0.1) is 0 Å². The Kier molecular flexibility index (Phi) is 6.08. The van der Waals surface area contributed by atoms with E-state index in [1.807, 2.05) is 6.92 Å². The summed E-state index contributed by atoms with van der Waals surface area (Å²) in [5, 5.41) is 0. The molecule has 0 aromatic carbocycles. The smallest absolute Gasteiger partial charge is 0.372 e. The topological polar surface area (TPSA) is 6.48 Å². The van der Waals surface area contributed by atoms with Gasteiger partial charge in [-0.25, -0.2) is 0 Å². The molecule has 1 heterocycles. The van der Waals surface area contributed by atoms with Crippen molar-refractivity contribution in [2.75, 3.05) is 19.6 Å². The van der Waals surface area contributed by atoms with Gasteiger partial charge in [0.05, 0.1) is 5.57 Å². The van der Waals surface area contributed by atoms with Crippen LogP contribution in [0.4, 0.5) is 13.2 Å². The van der Waals surface area contributed by atoms with E-state index >= 15 is 0 Å². The third kappa shape index (κ3) is 4.92. The van der Waals surface area contributed by atoms with E-state index in [-0.39, 0.29) is 0 Å². The Bertz CT molecular complexity index is 422. The van der Waals surface area contributed by atoms with Gasteiger partial charge in [-0.1, -0.05) is 12.7 Å². The summed E-state index contributed by atoms with van der Waals surface area (Å²) in [5.74, 6) is 0. The third-order valence-electron chi connectivity index (χ3n) is 3.89. The van der Waals surface area contributed by atoms with E-state index in [0.29, 0.717) is 12.1 Å². The summed E-state index contributed by atoms with van der Waals surface area (Å²) in [6.45, 7) is 14.2. The minimum Gasteiger partial charge on any atom is -0.372 e. The average molecular weight is 302 g/mol. The van der Waals surface area contributed by atoms with Crippen molar-refractivity contribution in [3.63, 3.8) is 0 Å². The fraction of sp³-hybridized carbons (Fsp3) is 0.625. The summed E-state index contributed by atoms with van der Waals surface area (Å²) in [6.07, 6.45) is -0.866. The Hall–Kier alpha value is -1.23. The third-order valence-corrected chi connectivity index (χ3v) is 3.89. The number of hydrogen-bond acceptors (Lipinski definition) is 2. The van der Waals surface area contributed by atoms with Crippen LogP contribution in [0.15, 0.2) is 36.1 Å². The SMILES string of the molecule is C=C/C(=C\C=C(/C)N1CCN(C(C)C)C(C)C1)C(F)(F)F. The van der Waals surface area contributed by atoms with Gasteiger partial charge in [0.1, 0.15) is 0 Å². The Balaban J connectivity index is 2.77. The van der Waals surface area contributed by atoms with E-state index < -0.39 is 11.7 Å². The first-order chi connectivity index (χ1) is 9.66. The highest BCUT2D eigenvalue weighted by Gasteiger charge is 2.31. The second-order valence-electron chi connectivity index (χ2n) is 5.76. The summed E-state index contributed by atoms with van der Waals surface area (Å²) < 4.78 is 37.9. The summed E-state index contributed by atoms with van der Waals surface area (Å²) >= 11 is 0. The average Bonchev–Trinajstić information content (AvgIpc) is 2.36. The van der Waals surface area contributed by atoms with Crippen LogP contribution in [0.5, 0.6) is 0 Å². The minimum atomic E-state index is -4.35. The van der Waals surface area contributed by atoms with Gasteiger partial charge in [-0.2, -0.15) is 13.2 Å². The van der Waals surface area contributed by atoms with Gasteiger partial charge in [0.15, 0.2) is 0 Å². The van der Waals surface area contributed by atoms with Crippen molar-refractivity contribution in [3.8, 4) is 0 Å². The molecule has 1 rings (SSSR count). The molecule has 0 amide bonds. The van der Waals surface area contributed by atoms with Crippen LogP contribution in [0.3, 0.4) is 0 Å². The second-order valence-corrected chi connectivity index (χ2v) is 5.76. The summed E-state index contributed by atoms with van der Waals surface area (Å²) in [6, 6.07) is 0.886. The molecule has 1 fully saturated rings. The van der Waals surface area contributed by atoms with E-state index in [1.54, 1.807) is 0 Å². The van der Waals surface area contributed by atoms with Crippen molar-refractivity contribution in [3.05, 3.63) is 36.1 Å². The number of rotatable bonds is 4. The second kappa shape index (κ2) is 7.16. The van der Waals surface area contributed by atoms with E-state index in [2.05, 4.69) is 37.1 Å². The lowest BCUT2D eigenvalue weighted by Gasteiger charge is -2.43. The molecule has 1 aliphatic heterocycles. The van der Waals surface area contributed by atoms with Gasteiger partial charge in [-0.05, 0) is 39.8 Å². The molecular formula is C16H25F3N2. The lowest BCUT2D eigenvalue weighted by molar-refractivity contribution is -0.0881. The maximum absolute atomic E-state index is 12.6. The molecule has 1 saturated heterocycles. The lowest BCUT2D eigenvalue weighted by Crippen LogP contribution is -2.53. The summed E-state index contributed by atoms with van der Waals surface area (Å²) in [4.78, 5) is 4.54. The molecule has 1 unspecified atom stereocenters. The zero-order valence-corrected chi connectivity index (χ0v) is 13.2. The molecule has 120 valence electrons. The fourth-order valence-electron chi connectivity index (χ4n) is 2.65. The number of hydrogen-bond donors (Lipinski definition) is 0. The molecule has 0 saturated carbocycles. The number of nitrogens with zero attached hydrogens (tertiary/aromatic N) is 2. The van der Waals surface area contributed by atoms with Crippen LogP contribution in [-0.2, 0) is 0 Å². The van der Waals surface area contributed by atoms with Crippen molar-refractivity contribution in [2.45, 2.75) is 46.0 Å². The van der Waals surface area contributed by atoms with E-state index in [0.717, 1.165) is 37.5 Å². The van der Waals surface area contributed by atoms with Crippen LogP contribution in [0.25, 0.3) is 0 Å². The van der Waals surface area contributed by atoms with Crippen LogP contribution in [0.2, 0.25) is 0 Å². The number of allylic oxidation sites excluding steroid dienone is 5. The molecule has 0 radical (unpaired) electrons. The van der Waals surface area contributed by atoms with Crippen molar-refractivity contribution >= 4 is 0 Å². The summed E-state index contributed by atoms with van der Waals surface area (Å²) in [5.41, 5.74) is 0.143. The molecular weight excluding hydrogens is 277 g/mol. The first-order valence-electron chi connectivity index (χ1n) is 7.25. The van der Waals surface area contributed by atoms with Gasteiger partial charge < -0.3 is 4.90 Å². The molecule has 0 aromatic rings. The highest BCUT2D eigenvalue weighted by atomic mass is 19.4. The minimum absolute atomic E-state index is 0.396. The first-order valence-corrected chi connectivity index (χ1v) is 7.25. The van der Waals surface area contributed by atoms with Gasteiger partial charge >= 0.3 is 6.18 Å². The lowest BCUT2D eigenvalue weighted by atomic mass is 10.1. The molecule has 0 aliphatic carbocycles. The molecule has 0 N–H and O–H groups in total. The number of halogens is 3. The summed E-state index contributed by atoms with van der Waals surface area (Å²) in [7, 11) is 0. The van der Waals surface area contributed by atoms with Crippen molar-refractivity contribution < 1.29 is 13.2 Å². The van der Waals surface area contributed by atoms with Gasteiger partial charge in [0, 0.05) is 37.4 Å². The largest absolute Gasteiger partial charge is 0.416 e. The van der Waals surface area contributed by atoms with Gasteiger partial charge in [0.2, 0.25) is 0 Å². The molecule has 1 atom stereocenters. The molecule has 0 spiro atoms. The molecule has 1 aliphatic rings. The maximum Gasteiger partial charge on any atom is 0.416 e. The predicted molar refractivity (Wildman–Crippen MR) is 81.0 cm³/mol. The Morgan fingerprint density at radius 3 is 2.29 bits per heavy atom. The zero-order valence-electron chi connectivity index (χ0n) is 13.2. The molecule has 2 nitrogen and oxygen atoms in total. The highest BCUT2D eigenvalue weighted by Crippen LogP contribution is 2.26. The zero-order chi connectivity index (χ0) is 16.2. The van der Waals surface area contributed by atoms with Crippen LogP contribution >= 0.6 is 0 Å². The van der Waals surface area contributed by atoms with Gasteiger partial charge in [0.25, 0.3) is 0 Å². The van der Waals surface area contributed by atoms with E-state index in [1.165, 1.54) is 6.08 Å². The number of piperazine rings is 1. The fourth-order valence-corrected chi connectivity index (χ4v) is 2.65. The predicted octanol–water partition coefficient (Wildman–Crippen LogP) is 3.98. The molecule has 5 heteroatoms. The monoisotopic (exact) mass is 302 g/mol. The Labute approximate surface area is 125 Å². The van der Waals surface area contributed by atoms with Crippen molar-refractivity contribution in [1.82, 2.24) is 9.80 Å². The van der Waals surface area contributed by atoms with E-state index in [4.69, 9.17) is 0 Å². The normalized spacial score (nSPS) is 22.9. The Morgan fingerprint density at radius 2 is 1.86 bits per heavy atom. The Morgan fingerprint density at radius 1 is 1.24 bits per heavy atom. The highest BCUT2D eigenvalue weighted by molar-refractivity contribution is 5.28. The quantitative estimate of drug-likeness (QED) is 0.725. The van der Waals surface area contributed by atoms with Crippen LogP contribution < -0.4 is 0 Å². The van der Waals surface area contributed by atoms with Crippen molar-refractivity contribution in [2.24, 2.45) is 0 Å². The van der Waals surface area contributed by atoms with E-state index in [9.17, 15) is 13.2 Å². The standard InChI is InChI=1S/C16H25F3N2/c1-6-15(16(17,18)19)8-7-13(4)20-9-10-21(12(2)3)14(5)11-20/h6-8,12,14H,1,9-11H2,2-5H3/b13-7+,15-8+. The van der Waals surface area contributed by atoms with Crippen LogP contribution in [0.1, 0.15) is 27.7 Å². The number of alkyl halides is 3. The van der Waals surface area contributed by atoms with Gasteiger partial charge in [-0.3, -0.25) is 4.90 Å². The van der Waals surface area contributed by atoms with Crippen LogP contribution in [-0.4, -0.2) is 47.7 Å². The molecule has 0 bridgehead atoms. The first kappa shape index (κ1) is 17.8. The molecule has 0 aromatic heterocycles. The van der Waals surface area contributed by atoms with Crippen LogP contribution in [0, 0.1) is 0 Å². The molecule has 21 heavy (non-hydrogen) atoms. The van der Waals surface area contributed by atoms with Crippen molar-refractivity contribution in [1.29, 1.82) is 0 Å².